The maximum absolute atomic E-state index is 10.9. The van der Waals surface area contributed by atoms with Crippen molar-refractivity contribution in [1.29, 1.82) is 0 Å². The molecule has 5 heteroatoms. The van der Waals surface area contributed by atoms with Crippen molar-refractivity contribution < 1.29 is 19.7 Å². The van der Waals surface area contributed by atoms with Gasteiger partial charge in [-0.25, -0.2) is 0 Å². The molecule has 0 heterocycles. The van der Waals surface area contributed by atoms with Gasteiger partial charge in [-0.2, -0.15) is 0 Å². The molecule has 112 valence electrons. The van der Waals surface area contributed by atoms with Crippen molar-refractivity contribution in [1.82, 2.24) is 5.32 Å². The van der Waals surface area contributed by atoms with E-state index in [0.29, 0.717) is 13.0 Å². The highest BCUT2D eigenvalue weighted by Gasteiger charge is 2.16. The Kier molecular flexibility index (Phi) is 7.87. The largest absolute Gasteiger partial charge is 0.480 e. The molecule has 0 radical (unpaired) electrons. The number of hydrogen-bond donors (Lipinski definition) is 3. The third kappa shape index (κ3) is 6.65. The Bertz CT molecular complexity index is 383. The number of carbonyl (C=O) groups is 1. The Labute approximate surface area is 119 Å². The number of carboxylic acid groups (broad SMARTS) is 1. The number of aliphatic hydroxyl groups is 1. The van der Waals surface area contributed by atoms with Gasteiger partial charge in [0, 0.05) is 6.54 Å². The molecule has 5 nitrogen and oxygen atoms in total. The van der Waals surface area contributed by atoms with Crippen LogP contribution < -0.4 is 5.32 Å². The lowest BCUT2D eigenvalue weighted by Gasteiger charge is -2.17. The molecule has 0 aliphatic rings. The lowest BCUT2D eigenvalue weighted by Crippen LogP contribution is -2.42. The smallest absolute Gasteiger partial charge is 0.320 e. The number of carboxylic acids is 1. The molecule has 0 amide bonds. The molecule has 0 saturated carbocycles. The second-order valence-electron chi connectivity index (χ2n) is 4.74. The zero-order valence-electron chi connectivity index (χ0n) is 11.8. The van der Waals surface area contributed by atoms with Crippen LogP contribution in [0.5, 0.6) is 0 Å². The molecule has 1 rings (SSSR count). The first-order chi connectivity index (χ1) is 9.63. The number of ether oxygens (including phenoxy) is 1. The third-order valence-electron chi connectivity index (χ3n) is 2.90. The summed E-state index contributed by atoms with van der Waals surface area (Å²) in [7, 11) is 0. The molecule has 0 fully saturated rings. The van der Waals surface area contributed by atoms with E-state index in [1.807, 2.05) is 37.3 Å². The average Bonchev–Trinajstić information content (AvgIpc) is 2.44. The summed E-state index contributed by atoms with van der Waals surface area (Å²) in [6, 6.07) is 9.09. The molecule has 20 heavy (non-hydrogen) atoms. The summed E-state index contributed by atoms with van der Waals surface area (Å²) in [5, 5.41) is 21.6. The van der Waals surface area contributed by atoms with Crippen LogP contribution in [0.3, 0.4) is 0 Å². The molecule has 3 N–H and O–H groups in total. The van der Waals surface area contributed by atoms with Crippen molar-refractivity contribution >= 4 is 5.97 Å². The normalized spacial score (nSPS) is 13.9. The van der Waals surface area contributed by atoms with Crippen LogP contribution in [0.2, 0.25) is 0 Å². The molecule has 0 aliphatic carbocycles. The molecule has 2 atom stereocenters. The number of benzene rings is 1. The van der Waals surface area contributed by atoms with Crippen molar-refractivity contribution in [2.24, 2.45) is 0 Å². The van der Waals surface area contributed by atoms with Gasteiger partial charge in [-0.3, -0.25) is 4.79 Å². The monoisotopic (exact) mass is 281 g/mol. The maximum Gasteiger partial charge on any atom is 0.320 e. The SMILES string of the molecule is CCCC(NCC(O)COCc1ccccc1)C(=O)O. The molecular formula is C15H23NO4. The highest BCUT2D eigenvalue weighted by atomic mass is 16.5. The van der Waals surface area contributed by atoms with E-state index < -0.39 is 18.1 Å². The summed E-state index contributed by atoms with van der Waals surface area (Å²) in [6.45, 7) is 2.76. The molecule has 1 aromatic rings. The number of nitrogens with one attached hydrogen (secondary N) is 1. The van der Waals surface area contributed by atoms with E-state index in [1.165, 1.54) is 0 Å². The average molecular weight is 281 g/mol. The highest BCUT2D eigenvalue weighted by Crippen LogP contribution is 2.01. The minimum absolute atomic E-state index is 0.181. The topological polar surface area (TPSA) is 78.8 Å². The predicted octanol–water partition coefficient (Wildman–Crippen LogP) is 1.41. The third-order valence-corrected chi connectivity index (χ3v) is 2.90. The van der Waals surface area contributed by atoms with Gasteiger partial charge in [-0.05, 0) is 12.0 Å². The van der Waals surface area contributed by atoms with Gasteiger partial charge in [-0.1, -0.05) is 43.7 Å². The van der Waals surface area contributed by atoms with E-state index >= 15 is 0 Å². The second-order valence-corrected chi connectivity index (χ2v) is 4.74. The van der Waals surface area contributed by atoms with Crippen LogP contribution in [0.15, 0.2) is 30.3 Å². The summed E-state index contributed by atoms with van der Waals surface area (Å²) in [5.74, 6) is -0.885. The first-order valence-electron chi connectivity index (χ1n) is 6.89. The standard InChI is InChI=1S/C15H23NO4/c1-2-6-14(15(18)19)16-9-13(17)11-20-10-12-7-4-3-5-8-12/h3-5,7-8,13-14,16-17H,2,6,9-11H2,1H3,(H,18,19). The number of rotatable bonds is 10. The van der Waals surface area contributed by atoms with Gasteiger partial charge in [0.05, 0.1) is 19.3 Å². The Morgan fingerprint density at radius 3 is 2.65 bits per heavy atom. The van der Waals surface area contributed by atoms with Crippen molar-refractivity contribution in [3.8, 4) is 0 Å². The number of aliphatic carboxylic acids is 1. The molecule has 0 saturated heterocycles. The van der Waals surface area contributed by atoms with Gasteiger partial charge in [0.1, 0.15) is 6.04 Å². The fraction of sp³-hybridized carbons (Fsp3) is 0.533. The maximum atomic E-state index is 10.9. The van der Waals surface area contributed by atoms with E-state index in [1.54, 1.807) is 0 Å². The fourth-order valence-electron chi connectivity index (χ4n) is 1.83. The van der Waals surface area contributed by atoms with E-state index in [4.69, 9.17) is 9.84 Å². The van der Waals surface area contributed by atoms with Crippen LogP contribution in [-0.4, -0.2) is 41.5 Å². The Morgan fingerprint density at radius 1 is 1.35 bits per heavy atom. The van der Waals surface area contributed by atoms with Crippen LogP contribution in [-0.2, 0) is 16.1 Å². The molecule has 1 aromatic carbocycles. The van der Waals surface area contributed by atoms with E-state index in [9.17, 15) is 9.90 Å². The molecule has 0 aromatic heterocycles. The van der Waals surface area contributed by atoms with E-state index in [2.05, 4.69) is 5.32 Å². The first kappa shape index (κ1) is 16.6. The van der Waals surface area contributed by atoms with Gasteiger partial charge in [0.2, 0.25) is 0 Å². The molecule has 0 bridgehead atoms. The van der Waals surface area contributed by atoms with Crippen LogP contribution in [0.25, 0.3) is 0 Å². The summed E-state index contributed by atoms with van der Waals surface area (Å²) in [5.41, 5.74) is 1.04. The second kappa shape index (κ2) is 9.47. The highest BCUT2D eigenvalue weighted by molar-refractivity contribution is 5.73. The zero-order valence-corrected chi connectivity index (χ0v) is 11.8. The molecular weight excluding hydrogens is 258 g/mol. The first-order valence-corrected chi connectivity index (χ1v) is 6.89. The Morgan fingerprint density at radius 2 is 2.05 bits per heavy atom. The van der Waals surface area contributed by atoms with Crippen molar-refractivity contribution in [2.75, 3.05) is 13.2 Å². The van der Waals surface area contributed by atoms with Gasteiger partial charge in [-0.15, -0.1) is 0 Å². The summed E-state index contributed by atoms with van der Waals surface area (Å²) in [6.07, 6.45) is 0.620. The fourth-order valence-corrected chi connectivity index (χ4v) is 1.83. The summed E-state index contributed by atoms with van der Waals surface area (Å²) >= 11 is 0. The molecule has 0 spiro atoms. The van der Waals surface area contributed by atoms with Crippen LogP contribution >= 0.6 is 0 Å². The number of aliphatic hydroxyl groups excluding tert-OH is 1. The lowest BCUT2D eigenvalue weighted by molar-refractivity contribution is -0.139. The van der Waals surface area contributed by atoms with E-state index in [-0.39, 0.29) is 13.2 Å². The van der Waals surface area contributed by atoms with Gasteiger partial charge < -0.3 is 20.3 Å². The summed E-state index contributed by atoms with van der Waals surface area (Å²) in [4.78, 5) is 10.9. The van der Waals surface area contributed by atoms with Gasteiger partial charge >= 0.3 is 5.97 Å². The van der Waals surface area contributed by atoms with Gasteiger partial charge in [0.25, 0.3) is 0 Å². The van der Waals surface area contributed by atoms with Gasteiger partial charge in [0.15, 0.2) is 0 Å². The Balaban J connectivity index is 2.19. The van der Waals surface area contributed by atoms with Crippen molar-refractivity contribution in [2.45, 2.75) is 38.5 Å². The predicted molar refractivity (Wildman–Crippen MR) is 76.4 cm³/mol. The van der Waals surface area contributed by atoms with Crippen LogP contribution in [0.4, 0.5) is 0 Å². The zero-order chi connectivity index (χ0) is 14.8. The number of hydrogen-bond acceptors (Lipinski definition) is 4. The lowest BCUT2D eigenvalue weighted by atomic mass is 10.1. The van der Waals surface area contributed by atoms with Crippen LogP contribution in [0.1, 0.15) is 25.3 Å². The quantitative estimate of drug-likeness (QED) is 0.604. The van der Waals surface area contributed by atoms with Crippen LogP contribution in [0, 0.1) is 0 Å². The Hall–Kier alpha value is -1.43. The van der Waals surface area contributed by atoms with Crippen molar-refractivity contribution in [3.05, 3.63) is 35.9 Å². The van der Waals surface area contributed by atoms with E-state index in [0.717, 1.165) is 12.0 Å². The molecule has 2 unspecified atom stereocenters. The minimum atomic E-state index is -0.885. The summed E-state index contributed by atoms with van der Waals surface area (Å²) < 4.78 is 5.40. The van der Waals surface area contributed by atoms with Crippen molar-refractivity contribution in [3.63, 3.8) is 0 Å². The minimum Gasteiger partial charge on any atom is -0.480 e. The molecule has 0 aliphatic heterocycles.